The summed E-state index contributed by atoms with van der Waals surface area (Å²) in [6, 6.07) is 13.3. The molecule has 168 valence electrons. The molecule has 1 fully saturated rings. The van der Waals surface area contributed by atoms with Gasteiger partial charge in [-0.05, 0) is 49.3 Å². The van der Waals surface area contributed by atoms with E-state index in [1.54, 1.807) is 0 Å². The van der Waals surface area contributed by atoms with Crippen LogP contribution in [0.2, 0.25) is 5.02 Å². The molecule has 0 aliphatic carbocycles. The van der Waals surface area contributed by atoms with Crippen molar-refractivity contribution in [2.45, 2.75) is 32.4 Å². The van der Waals surface area contributed by atoms with Gasteiger partial charge in [-0.1, -0.05) is 43.6 Å². The van der Waals surface area contributed by atoms with Crippen molar-refractivity contribution in [1.29, 1.82) is 0 Å². The number of carbonyl (C=O) groups excluding carboxylic acids is 1. The minimum Gasteiger partial charge on any atom is -0.339 e. The zero-order valence-corrected chi connectivity index (χ0v) is 19.3. The number of hydrogen-bond donors (Lipinski definition) is 1. The van der Waals surface area contributed by atoms with E-state index in [1.807, 2.05) is 47.5 Å². The predicted octanol–water partition coefficient (Wildman–Crippen LogP) is 2.83. The van der Waals surface area contributed by atoms with Gasteiger partial charge in [0.2, 0.25) is 5.91 Å². The molecule has 3 rings (SSSR count). The standard InChI is InChI=1S/C24H34ClN5O/c1-3-28(4-2)18-23(22-7-5-6-12-27-22)29-13-15-30(16-14-29)24(31)21(26)17-19-8-10-20(25)11-9-19/h5-12,21,23H,3-4,13-18,26H2,1-2H3. The van der Waals surface area contributed by atoms with Crippen LogP contribution in [0.5, 0.6) is 0 Å². The maximum absolute atomic E-state index is 12.9. The second-order valence-corrected chi connectivity index (χ2v) is 8.49. The van der Waals surface area contributed by atoms with E-state index in [2.05, 4.69) is 34.7 Å². The van der Waals surface area contributed by atoms with Crippen molar-refractivity contribution in [3.63, 3.8) is 0 Å². The van der Waals surface area contributed by atoms with Crippen molar-refractivity contribution in [1.82, 2.24) is 19.7 Å². The molecule has 6 nitrogen and oxygen atoms in total. The topological polar surface area (TPSA) is 65.7 Å². The number of nitrogens with two attached hydrogens (primary N) is 1. The van der Waals surface area contributed by atoms with Gasteiger partial charge in [-0.3, -0.25) is 14.7 Å². The van der Waals surface area contributed by atoms with E-state index in [-0.39, 0.29) is 11.9 Å². The van der Waals surface area contributed by atoms with Crippen LogP contribution in [-0.2, 0) is 11.2 Å². The Hall–Kier alpha value is -1.99. The van der Waals surface area contributed by atoms with Gasteiger partial charge in [-0.25, -0.2) is 0 Å². The number of pyridine rings is 1. The van der Waals surface area contributed by atoms with Crippen LogP contribution in [0.3, 0.4) is 0 Å². The number of aromatic nitrogens is 1. The molecular formula is C24H34ClN5O. The first-order chi connectivity index (χ1) is 15.0. The summed E-state index contributed by atoms with van der Waals surface area (Å²) in [5.74, 6) is 0.0210. The zero-order chi connectivity index (χ0) is 22.2. The second kappa shape index (κ2) is 11.6. The summed E-state index contributed by atoms with van der Waals surface area (Å²) in [5, 5.41) is 0.687. The van der Waals surface area contributed by atoms with Crippen molar-refractivity contribution in [3.8, 4) is 0 Å². The minimum absolute atomic E-state index is 0.0210. The van der Waals surface area contributed by atoms with Gasteiger partial charge in [0.25, 0.3) is 0 Å². The molecule has 2 unspecified atom stereocenters. The number of amides is 1. The highest BCUT2D eigenvalue weighted by molar-refractivity contribution is 6.30. The number of halogens is 1. The first kappa shape index (κ1) is 23.7. The highest BCUT2D eigenvalue weighted by atomic mass is 35.5. The Kier molecular flexibility index (Phi) is 8.84. The lowest BCUT2D eigenvalue weighted by atomic mass is 10.0. The Morgan fingerprint density at radius 2 is 1.77 bits per heavy atom. The van der Waals surface area contributed by atoms with Gasteiger partial charge in [0.05, 0.1) is 17.8 Å². The summed E-state index contributed by atoms with van der Waals surface area (Å²) in [6.07, 6.45) is 2.38. The highest BCUT2D eigenvalue weighted by Crippen LogP contribution is 2.22. The van der Waals surface area contributed by atoms with Crippen molar-refractivity contribution in [2.24, 2.45) is 5.73 Å². The van der Waals surface area contributed by atoms with E-state index in [9.17, 15) is 4.79 Å². The number of hydrogen-bond acceptors (Lipinski definition) is 5. The third-order valence-corrected chi connectivity index (χ3v) is 6.36. The zero-order valence-electron chi connectivity index (χ0n) is 18.6. The molecule has 2 N–H and O–H groups in total. The molecule has 1 aromatic heterocycles. The highest BCUT2D eigenvalue weighted by Gasteiger charge is 2.30. The van der Waals surface area contributed by atoms with Crippen LogP contribution in [0.1, 0.15) is 31.1 Å². The van der Waals surface area contributed by atoms with Crippen LogP contribution in [0.15, 0.2) is 48.7 Å². The van der Waals surface area contributed by atoms with Crippen LogP contribution < -0.4 is 5.73 Å². The average molecular weight is 444 g/mol. The third-order valence-electron chi connectivity index (χ3n) is 6.11. The maximum Gasteiger partial charge on any atom is 0.239 e. The van der Waals surface area contributed by atoms with Gasteiger partial charge in [0, 0.05) is 43.9 Å². The van der Waals surface area contributed by atoms with E-state index in [1.165, 1.54) is 0 Å². The summed E-state index contributed by atoms with van der Waals surface area (Å²) in [4.78, 5) is 24.3. The SMILES string of the molecule is CCN(CC)CC(c1ccccn1)N1CCN(C(=O)C(N)Cc2ccc(Cl)cc2)CC1. The fraction of sp³-hybridized carbons (Fsp3) is 0.500. The Morgan fingerprint density at radius 1 is 1.10 bits per heavy atom. The molecule has 2 heterocycles. The molecule has 0 radical (unpaired) electrons. The second-order valence-electron chi connectivity index (χ2n) is 8.05. The molecule has 1 aliphatic rings. The van der Waals surface area contributed by atoms with Crippen LogP contribution in [0.4, 0.5) is 0 Å². The molecular weight excluding hydrogens is 410 g/mol. The molecule has 0 spiro atoms. The lowest BCUT2D eigenvalue weighted by Gasteiger charge is -2.41. The summed E-state index contributed by atoms with van der Waals surface area (Å²) < 4.78 is 0. The Labute approximate surface area is 191 Å². The lowest BCUT2D eigenvalue weighted by molar-refractivity contribution is -0.134. The Balaban J connectivity index is 1.60. The van der Waals surface area contributed by atoms with E-state index < -0.39 is 6.04 Å². The van der Waals surface area contributed by atoms with Crippen LogP contribution >= 0.6 is 11.6 Å². The molecule has 7 heteroatoms. The molecule has 1 aliphatic heterocycles. The van der Waals surface area contributed by atoms with Crippen LogP contribution in [-0.4, -0.2) is 77.4 Å². The van der Waals surface area contributed by atoms with Crippen molar-refractivity contribution < 1.29 is 4.79 Å². The third kappa shape index (κ3) is 6.50. The number of benzene rings is 1. The number of likely N-dealkylation sites (N-methyl/N-ethyl adjacent to an activating group) is 1. The molecule has 2 atom stereocenters. The van der Waals surface area contributed by atoms with Gasteiger partial charge < -0.3 is 15.5 Å². The van der Waals surface area contributed by atoms with Gasteiger partial charge in [-0.2, -0.15) is 0 Å². The molecule has 2 aromatic rings. The summed E-state index contributed by atoms with van der Waals surface area (Å²) in [5.41, 5.74) is 8.37. The molecule has 1 saturated heterocycles. The molecule has 31 heavy (non-hydrogen) atoms. The number of carbonyl (C=O) groups is 1. The van der Waals surface area contributed by atoms with Gasteiger partial charge in [0.1, 0.15) is 0 Å². The van der Waals surface area contributed by atoms with E-state index in [4.69, 9.17) is 17.3 Å². The van der Waals surface area contributed by atoms with Crippen LogP contribution in [0, 0.1) is 0 Å². The molecule has 1 aromatic carbocycles. The summed E-state index contributed by atoms with van der Waals surface area (Å²) >= 11 is 5.95. The molecule has 0 saturated carbocycles. The van der Waals surface area contributed by atoms with Crippen molar-refractivity contribution in [3.05, 3.63) is 64.9 Å². The number of rotatable bonds is 9. The predicted molar refractivity (Wildman–Crippen MR) is 126 cm³/mol. The number of nitrogens with zero attached hydrogens (tertiary/aromatic N) is 4. The smallest absolute Gasteiger partial charge is 0.239 e. The van der Waals surface area contributed by atoms with Gasteiger partial charge >= 0.3 is 0 Å². The average Bonchev–Trinajstić information content (AvgIpc) is 2.81. The first-order valence-corrected chi connectivity index (χ1v) is 11.6. The van der Waals surface area contributed by atoms with E-state index in [0.29, 0.717) is 24.5 Å². The normalized spacial score (nSPS) is 17.0. The lowest BCUT2D eigenvalue weighted by Crippen LogP contribution is -2.55. The first-order valence-electron chi connectivity index (χ1n) is 11.2. The van der Waals surface area contributed by atoms with Crippen molar-refractivity contribution >= 4 is 17.5 Å². The summed E-state index contributed by atoms with van der Waals surface area (Å²) in [7, 11) is 0. The fourth-order valence-corrected chi connectivity index (χ4v) is 4.27. The summed E-state index contributed by atoms with van der Waals surface area (Å²) in [6.45, 7) is 10.4. The Morgan fingerprint density at radius 3 is 2.35 bits per heavy atom. The molecule has 1 amide bonds. The van der Waals surface area contributed by atoms with E-state index >= 15 is 0 Å². The quantitative estimate of drug-likeness (QED) is 0.645. The van der Waals surface area contributed by atoms with Crippen LogP contribution in [0.25, 0.3) is 0 Å². The maximum atomic E-state index is 12.9. The fourth-order valence-electron chi connectivity index (χ4n) is 4.15. The van der Waals surface area contributed by atoms with Gasteiger partial charge in [0.15, 0.2) is 0 Å². The largest absolute Gasteiger partial charge is 0.339 e. The van der Waals surface area contributed by atoms with Gasteiger partial charge in [-0.15, -0.1) is 0 Å². The van der Waals surface area contributed by atoms with Crippen molar-refractivity contribution in [2.75, 3.05) is 45.8 Å². The number of piperazine rings is 1. The Bertz CT molecular complexity index is 804. The monoisotopic (exact) mass is 443 g/mol. The van der Waals surface area contributed by atoms with E-state index in [0.717, 1.165) is 44.0 Å². The molecule has 0 bridgehead atoms. The minimum atomic E-state index is -0.532.